The van der Waals surface area contributed by atoms with E-state index < -0.39 is 6.10 Å². The Hall–Kier alpha value is -2.62. The highest BCUT2D eigenvalue weighted by Crippen LogP contribution is 2.25. The van der Waals surface area contributed by atoms with Gasteiger partial charge < -0.3 is 10.1 Å². The van der Waals surface area contributed by atoms with Crippen LogP contribution in [0.3, 0.4) is 0 Å². The average molecular weight is 311 g/mol. The van der Waals surface area contributed by atoms with Crippen LogP contribution in [0.4, 0.5) is 5.69 Å². The maximum absolute atomic E-state index is 12.5. The fraction of sp³-hybridized carbons (Fsp3) is 0.263. The first-order valence-corrected chi connectivity index (χ1v) is 7.53. The summed E-state index contributed by atoms with van der Waals surface area (Å²) in [6.45, 7) is 7.12. The van der Waals surface area contributed by atoms with Gasteiger partial charge >= 0.3 is 0 Å². The summed E-state index contributed by atoms with van der Waals surface area (Å²) in [5.41, 5.74) is 3.39. The molecule has 2 aromatic rings. The van der Waals surface area contributed by atoms with Gasteiger partial charge in [-0.1, -0.05) is 24.3 Å². The molecule has 0 radical (unpaired) electrons. The Bertz CT molecular complexity index is 737. The lowest BCUT2D eigenvalue weighted by molar-refractivity contribution is -0.114. The molecule has 0 bridgehead atoms. The molecule has 0 aromatic heterocycles. The first-order chi connectivity index (χ1) is 10.9. The fourth-order valence-electron chi connectivity index (χ4n) is 2.24. The summed E-state index contributed by atoms with van der Waals surface area (Å²) < 4.78 is 5.77. The maximum Gasteiger partial charge on any atom is 0.221 e. The first kappa shape index (κ1) is 16.7. The summed E-state index contributed by atoms with van der Waals surface area (Å²) in [5, 5.41) is 2.70. The van der Waals surface area contributed by atoms with E-state index in [0.29, 0.717) is 17.0 Å². The number of ketones is 1. The molecule has 0 saturated heterocycles. The van der Waals surface area contributed by atoms with Crippen LogP contribution < -0.4 is 10.1 Å². The van der Waals surface area contributed by atoms with E-state index in [1.165, 1.54) is 6.92 Å². The van der Waals surface area contributed by atoms with Gasteiger partial charge in [-0.05, 0) is 50.1 Å². The van der Waals surface area contributed by atoms with Crippen molar-refractivity contribution in [3.63, 3.8) is 0 Å². The summed E-state index contributed by atoms with van der Waals surface area (Å²) in [6, 6.07) is 12.7. The number of hydrogen-bond acceptors (Lipinski definition) is 3. The highest BCUT2D eigenvalue weighted by molar-refractivity contribution is 5.99. The van der Waals surface area contributed by atoms with Crippen molar-refractivity contribution in [3.8, 4) is 5.75 Å². The molecule has 0 aliphatic carbocycles. The molecule has 4 nitrogen and oxygen atoms in total. The van der Waals surface area contributed by atoms with Crippen LogP contribution in [-0.4, -0.2) is 17.8 Å². The summed E-state index contributed by atoms with van der Waals surface area (Å²) in [7, 11) is 0. The highest BCUT2D eigenvalue weighted by atomic mass is 16.5. The maximum atomic E-state index is 12.5. The topological polar surface area (TPSA) is 55.4 Å². The highest BCUT2D eigenvalue weighted by Gasteiger charge is 2.18. The van der Waals surface area contributed by atoms with Crippen molar-refractivity contribution in [1.82, 2.24) is 0 Å². The molecule has 120 valence electrons. The standard InChI is InChI=1S/C19H21NO3/c1-12-9-10-16(11-13(12)2)19(22)14(3)23-18-8-6-5-7-17(18)20-15(4)21/h5-11,14H,1-4H3,(H,20,21)/t14-/m1/s1. The number of aryl methyl sites for hydroxylation is 2. The molecule has 1 amide bonds. The van der Waals surface area contributed by atoms with E-state index in [4.69, 9.17) is 4.74 Å². The van der Waals surface area contributed by atoms with E-state index in [-0.39, 0.29) is 11.7 Å². The zero-order valence-electron chi connectivity index (χ0n) is 13.8. The number of rotatable bonds is 5. The van der Waals surface area contributed by atoms with E-state index >= 15 is 0 Å². The van der Waals surface area contributed by atoms with Crippen LogP contribution in [0.15, 0.2) is 42.5 Å². The van der Waals surface area contributed by atoms with Crippen molar-refractivity contribution in [1.29, 1.82) is 0 Å². The van der Waals surface area contributed by atoms with E-state index in [0.717, 1.165) is 11.1 Å². The van der Waals surface area contributed by atoms with E-state index in [1.807, 2.05) is 32.0 Å². The second-order valence-electron chi connectivity index (χ2n) is 5.60. The Morgan fingerprint density at radius 2 is 1.74 bits per heavy atom. The predicted octanol–water partition coefficient (Wildman–Crippen LogP) is 3.91. The quantitative estimate of drug-likeness (QED) is 0.852. The Balaban J connectivity index is 2.18. The molecule has 4 heteroatoms. The minimum atomic E-state index is -0.646. The second kappa shape index (κ2) is 7.09. The van der Waals surface area contributed by atoms with Crippen molar-refractivity contribution in [2.75, 3.05) is 5.32 Å². The Labute approximate surface area is 136 Å². The molecule has 1 atom stereocenters. The number of para-hydroxylation sites is 2. The van der Waals surface area contributed by atoms with Crippen LogP contribution in [0.2, 0.25) is 0 Å². The van der Waals surface area contributed by atoms with Crippen LogP contribution in [0.1, 0.15) is 35.3 Å². The van der Waals surface area contributed by atoms with Gasteiger partial charge in [-0.2, -0.15) is 0 Å². The Morgan fingerprint density at radius 1 is 1.04 bits per heavy atom. The second-order valence-corrected chi connectivity index (χ2v) is 5.60. The fourth-order valence-corrected chi connectivity index (χ4v) is 2.24. The van der Waals surface area contributed by atoms with Gasteiger partial charge in [-0.3, -0.25) is 9.59 Å². The lowest BCUT2D eigenvalue weighted by Crippen LogP contribution is -2.24. The monoisotopic (exact) mass is 311 g/mol. The molecule has 0 spiro atoms. The third-order valence-corrected chi connectivity index (χ3v) is 3.66. The van der Waals surface area contributed by atoms with Crippen LogP contribution in [0.25, 0.3) is 0 Å². The van der Waals surface area contributed by atoms with Crippen LogP contribution in [0.5, 0.6) is 5.75 Å². The number of carbonyl (C=O) groups is 2. The largest absolute Gasteiger partial charge is 0.480 e. The SMILES string of the molecule is CC(=O)Nc1ccccc1O[C@H](C)C(=O)c1ccc(C)c(C)c1. The van der Waals surface area contributed by atoms with Gasteiger partial charge in [0.05, 0.1) is 5.69 Å². The number of ether oxygens (including phenoxy) is 1. The Kier molecular flexibility index (Phi) is 5.16. The number of Topliss-reactive ketones (excluding diaryl/α,β-unsaturated/α-hetero) is 1. The zero-order valence-corrected chi connectivity index (χ0v) is 13.8. The van der Waals surface area contributed by atoms with Crippen molar-refractivity contribution in [3.05, 3.63) is 59.2 Å². The van der Waals surface area contributed by atoms with Gasteiger partial charge in [0.25, 0.3) is 0 Å². The van der Waals surface area contributed by atoms with Crippen molar-refractivity contribution in [2.24, 2.45) is 0 Å². The normalized spacial score (nSPS) is 11.7. The van der Waals surface area contributed by atoms with Gasteiger partial charge in [-0.25, -0.2) is 0 Å². The van der Waals surface area contributed by atoms with Crippen molar-refractivity contribution >= 4 is 17.4 Å². The van der Waals surface area contributed by atoms with Crippen LogP contribution in [0, 0.1) is 13.8 Å². The number of amides is 1. The smallest absolute Gasteiger partial charge is 0.221 e. The molecule has 0 heterocycles. The van der Waals surface area contributed by atoms with Gasteiger partial charge in [0.15, 0.2) is 6.10 Å². The molecule has 0 fully saturated rings. The molecule has 0 saturated carbocycles. The summed E-state index contributed by atoms with van der Waals surface area (Å²) >= 11 is 0. The summed E-state index contributed by atoms with van der Waals surface area (Å²) in [5.74, 6) is 0.201. The van der Waals surface area contributed by atoms with Crippen LogP contribution in [-0.2, 0) is 4.79 Å². The third-order valence-electron chi connectivity index (χ3n) is 3.66. The molecule has 2 rings (SSSR count). The van der Waals surface area contributed by atoms with Gasteiger partial charge in [0, 0.05) is 12.5 Å². The number of nitrogens with one attached hydrogen (secondary N) is 1. The van der Waals surface area contributed by atoms with E-state index in [9.17, 15) is 9.59 Å². The number of benzene rings is 2. The van der Waals surface area contributed by atoms with Crippen molar-refractivity contribution < 1.29 is 14.3 Å². The average Bonchev–Trinajstić information content (AvgIpc) is 2.50. The molecule has 2 aromatic carbocycles. The molecule has 0 unspecified atom stereocenters. The molecule has 0 aliphatic heterocycles. The molecular weight excluding hydrogens is 290 g/mol. The first-order valence-electron chi connectivity index (χ1n) is 7.53. The van der Waals surface area contributed by atoms with Crippen LogP contribution >= 0.6 is 0 Å². The van der Waals surface area contributed by atoms with Gasteiger partial charge in [-0.15, -0.1) is 0 Å². The third kappa shape index (κ3) is 4.19. The zero-order chi connectivity index (χ0) is 17.0. The lowest BCUT2D eigenvalue weighted by Gasteiger charge is -2.17. The number of anilines is 1. The van der Waals surface area contributed by atoms with Gasteiger partial charge in [0.2, 0.25) is 11.7 Å². The van der Waals surface area contributed by atoms with E-state index in [2.05, 4.69) is 5.32 Å². The Morgan fingerprint density at radius 3 is 2.39 bits per heavy atom. The van der Waals surface area contributed by atoms with Gasteiger partial charge in [0.1, 0.15) is 5.75 Å². The minimum absolute atomic E-state index is 0.0919. The molecule has 23 heavy (non-hydrogen) atoms. The number of carbonyl (C=O) groups excluding carboxylic acids is 2. The predicted molar refractivity (Wildman–Crippen MR) is 91.1 cm³/mol. The minimum Gasteiger partial charge on any atom is -0.480 e. The van der Waals surface area contributed by atoms with E-state index in [1.54, 1.807) is 31.2 Å². The number of hydrogen-bond donors (Lipinski definition) is 1. The molecule has 1 N–H and O–H groups in total. The molecular formula is C19H21NO3. The molecule has 0 aliphatic rings. The lowest BCUT2D eigenvalue weighted by atomic mass is 10.0. The summed E-state index contributed by atoms with van der Waals surface area (Å²) in [4.78, 5) is 23.8. The summed E-state index contributed by atoms with van der Waals surface area (Å²) in [6.07, 6.45) is -0.646. The van der Waals surface area contributed by atoms with Crippen molar-refractivity contribution in [2.45, 2.75) is 33.8 Å².